The minimum absolute atomic E-state index is 0. The number of halogens is 2. The number of nitrogens with zero attached hydrogens (tertiary/aromatic N) is 2. The summed E-state index contributed by atoms with van der Waals surface area (Å²) in [6.45, 7) is 1.75. The smallest absolute Gasteiger partial charge is 0.338 e. The Morgan fingerprint density at radius 3 is 2.75 bits per heavy atom. The number of aromatic nitrogens is 2. The number of carboxylic acids is 1. The lowest BCUT2D eigenvalue weighted by Crippen LogP contribution is -2.04. The van der Waals surface area contributed by atoms with E-state index in [0.717, 1.165) is 18.5 Å². The van der Waals surface area contributed by atoms with Gasteiger partial charge in [-0.05, 0) is 37.5 Å². The van der Waals surface area contributed by atoms with E-state index in [0.29, 0.717) is 17.2 Å². The van der Waals surface area contributed by atoms with Gasteiger partial charge in [-0.3, -0.25) is 0 Å². The number of carboxylic acid groups (broad SMARTS) is 1. The van der Waals surface area contributed by atoms with Crippen molar-refractivity contribution in [1.82, 2.24) is 9.55 Å². The lowest BCUT2D eigenvalue weighted by Gasteiger charge is -2.08. The normalized spacial score (nSPS) is 13.9. The van der Waals surface area contributed by atoms with Gasteiger partial charge in [0, 0.05) is 12.1 Å². The van der Waals surface area contributed by atoms with E-state index in [4.69, 9.17) is 5.11 Å². The van der Waals surface area contributed by atoms with Gasteiger partial charge in [0.15, 0.2) is 0 Å². The second-order valence-electron chi connectivity index (χ2n) is 4.90. The molecular formula is C14H14ClFN2O2. The molecule has 1 aromatic carbocycles. The molecule has 0 amide bonds. The second-order valence-corrected chi connectivity index (χ2v) is 4.90. The Morgan fingerprint density at radius 2 is 2.15 bits per heavy atom. The summed E-state index contributed by atoms with van der Waals surface area (Å²) in [5, 5.41) is 8.97. The molecule has 106 valence electrons. The van der Waals surface area contributed by atoms with Crippen LogP contribution in [0, 0.1) is 12.7 Å². The molecule has 0 saturated heterocycles. The number of benzene rings is 1. The van der Waals surface area contributed by atoms with E-state index in [2.05, 4.69) is 4.98 Å². The molecule has 2 aromatic rings. The molecule has 0 unspecified atom stereocenters. The van der Waals surface area contributed by atoms with Gasteiger partial charge in [0.2, 0.25) is 0 Å². The van der Waals surface area contributed by atoms with Crippen molar-refractivity contribution in [2.24, 2.45) is 0 Å². The van der Waals surface area contributed by atoms with Crippen LogP contribution in [-0.2, 0) is 0 Å². The fraction of sp³-hybridized carbons (Fsp3) is 0.286. The fourth-order valence-corrected chi connectivity index (χ4v) is 2.16. The molecule has 20 heavy (non-hydrogen) atoms. The highest BCUT2D eigenvalue weighted by Crippen LogP contribution is 2.39. The zero-order valence-electron chi connectivity index (χ0n) is 10.8. The number of hydrogen-bond donors (Lipinski definition) is 1. The van der Waals surface area contributed by atoms with Gasteiger partial charge >= 0.3 is 5.97 Å². The van der Waals surface area contributed by atoms with Crippen LogP contribution in [0.15, 0.2) is 24.7 Å². The molecule has 1 N–H and O–H groups in total. The van der Waals surface area contributed by atoms with Crippen LogP contribution in [-0.4, -0.2) is 20.6 Å². The topological polar surface area (TPSA) is 55.1 Å². The summed E-state index contributed by atoms with van der Waals surface area (Å²) in [7, 11) is 0. The van der Waals surface area contributed by atoms with Crippen molar-refractivity contribution in [2.45, 2.75) is 25.7 Å². The third-order valence-electron chi connectivity index (χ3n) is 3.39. The van der Waals surface area contributed by atoms with Crippen LogP contribution in [0.5, 0.6) is 0 Å². The first-order valence-corrected chi connectivity index (χ1v) is 6.14. The minimum Gasteiger partial charge on any atom is -0.478 e. The highest BCUT2D eigenvalue weighted by molar-refractivity contribution is 5.88. The first-order valence-electron chi connectivity index (χ1n) is 6.14. The monoisotopic (exact) mass is 296 g/mol. The zero-order valence-corrected chi connectivity index (χ0v) is 11.7. The molecule has 1 aromatic heterocycles. The summed E-state index contributed by atoms with van der Waals surface area (Å²) >= 11 is 0. The zero-order chi connectivity index (χ0) is 13.6. The SMILES string of the molecule is Cc1cc(F)c(C(=O)O)cc1-n1cnc(C2CC2)c1.Cl. The Balaban J connectivity index is 0.00000147. The van der Waals surface area contributed by atoms with Crippen molar-refractivity contribution in [3.05, 3.63) is 47.3 Å². The van der Waals surface area contributed by atoms with Crippen LogP contribution >= 0.6 is 12.4 Å². The number of aryl methyl sites for hydroxylation is 1. The van der Waals surface area contributed by atoms with Gasteiger partial charge in [-0.2, -0.15) is 0 Å². The molecule has 1 aliphatic carbocycles. The lowest BCUT2D eigenvalue weighted by atomic mass is 10.1. The Bertz CT molecular complexity index is 665. The molecule has 1 saturated carbocycles. The first kappa shape index (κ1) is 14.5. The number of carbonyl (C=O) groups is 1. The maximum absolute atomic E-state index is 13.5. The summed E-state index contributed by atoms with van der Waals surface area (Å²) in [5.74, 6) is -1.45. The predicted molar refractivity (Wildman–Crippen MR) is 74.4 cm³/mol. The van der Waals surface area contributed by atoms with E-state index in [1.165, 1.54) is 12.1 Å². The number of aromatic carboxylic acids is 1. The quantitative estimate of drug-likeness (QED) is 0.945. The van der Waals surface area contributed by atoms with E-state index in [9.17, 15) is 9.18 Å². The van der Waals surface area contributed by atoms with Gasteiger partial charge < -0.3 is 9.67 Å². The van der Waals surface area contributed by atoms with Crippen LogP contribution in [0.1, 0.15) is 40.4 Å². The molecule has 0 bridgehead atoms. The minimum atomic E-state index is -1.26. The van der Waals surface area contributed by atoms with Crippen molar-refractivity contribution < 1.29 is 14.3 Å². The summed E-state index contributed by atoms with van der Waals surface area (Å²) < 4.78 is 15.3. The molecule has 0 radical (unpaired) electrons. The van der Waals surface area contributed by atoms with Crippen LogP contribution in [0.25, 0.3) is 5.69 Å². The van der Waals surface area contributed by atoms with E-state index >= 15 is 0 Å². The largest absolute Gasteiger partial charge is 0.478 e. The third-order valence-corrected chi connectivity index (χ3v) is 3.39. The molecule has 4 nitrogen and oxygen atoms in total. The van der Waals surface area contributed by atoms with Crippen molar-refractivity contribution >= 4 is 18.4 Å². The summed E-state index contributed by atoms with van der Waals surface area (Å²) in [6.07, 6.45) is 5.85. The molecular weight excluding hydrogens is 283 g/mol. The Kier molecular flexibility index (Phi) is 3.81. The molecule has 1 heterocycles. The maximum atomic E-state index is 13.5. The summed E-state index contributed by atoms with van der Waals surface area (Å²) in [6, 6.07) is 2.60. The van der Waals surface area contributed by atoms with E-state index in [-0.39, 0.29) is 18.0 Å². The van der Waals surface area contributed by atoms with Crippen LogP contribution in [0.3, 0.4) is 0 Å². The third kappa shape index (κ3) is 2.54. The summed E-state index contributed by atoms with van der Waals surface area (Å²) in [5.41, 5.74) is 2.03. The Morgan fingerprint density at radius 1 is 1.45 bits per heavy atom. The lowest BCUT2D eigenvalue weighted by molar-refractivity contribution is 0.0692. The second kappa shape index (κ2) is 5.25. The molecule has 6 heteroatoms. The van der Waals surface area contributed by atoms with Crippen molar-refractivity contribution in [1.29, 1.82) is 0 Å². The average Bonchev–Trinajstić information content (AvgIpc) is 3.08. The van der Waals surface area contributed by atoms with Crippen LogP contribution in [0.4, 0.5) is 4.39 Å². The first-order chi connectivity index (χ1) is 9.06. The van der Waals surface area contributed by atoms with Gasteiger partial charge in [-0.15, -0.1) is 12.4 Å². The van der Waals surface area contributed by atoms with Gasteiger partial charge in [0.1, 0.15) is 5.82 Å². The van der Waals surface area contributed by atoms with Crippen molar-refractivity contribution in [3.63, 3.8) is 0 Å². The van der Waals surface area contributed by atoms with Gasteiger partial charge in [-0.25, -0.2) is 14.2 Å². The van der Waals surface area contributed by atoms with Crippen LogP contribution < -0.4 is 0 Å². The predicted octanol–water partition coefficient (Wildman–Crippen LogP) is 3.32. The number of imidazole rings is 1. The summed E-state index contributed by atoms with van der Waals surface area (Å²) in [4.78, 5) is 15.3. The highest BCUT2D eigenvalue weighted by atomic mass is 35.5. The maximum Gasteiger partial charge on any atom is 0.338 e. The van der Waals surface area contributed by atoms with Crippen LogP contribution in [0.2, 0.25) is 0 Å². The molecule has 0 spiro atoms. The molecule has 3 rings (SSSR count). The average molecular weight is 297 g/mol. The highest BCUT2D eigenvalue weighted by Gasteiger charge is 2.26. The van der Waals surface area contributed by atoms with E-state index in [1.807, 2.05) is 6.20 Å². The van der Waals surface area contributed by atoms with Gasteiger partial charge in [0.25, 0.3) is 0 Å². The molecule has 0 atom stereocenters. The van der Waals surface area contributed by atoms with Gasteiger partial charge in [0.05, 0.1) is 23.3 Å². The number of hydrogen-bond acceptors (Lipinski definition) is 2. The fourth-order valence-electron chi connectivity index (χ4n) is 2.16. The van der Waals surface area contributed by atoms with Crippen molar-refractivity contribution in [3.8, 4) is 5.69 Å². The molecule has 1 fully saturated rings. The van der Waals surface area contributed by atoms with E-state index in [1.54, 1.807) is 17.8 Å². The molecule has 0 aliphatic heterocycles. The molecule has 1 aliphatic rings. The Labute approximate surface area is 121 Å². The van der Waals surface area contributed by atoms with Gasteiger partial charge in [-0.1, -0.05) is 0 Å². The Hall–Kier alpha value is -1.88. The van der Waals surface area contributed by atoms with Crippen molar-refractivity contribution in [2.75, 3.05) is 0 Å². The standard InChI is InChI=1S/C14H13FN2O2.ClH/c1-8-4-11(15)10(14(18)19)5-13(8)17-6-12(16-7-17)9-2-3-9;/h4-7,9H,2-3H2,1H3,(H,18,19);1H. The number of rotatable bonds is 3. The van der Waals surface area contributed by atoms with E-state index < -0.39 is 11.8 Å².